The average molecular weight is 352 g/mol. The highest BCUT2D eigenvalue weighted by Gasteiger charge is 2.24. The van der Waals surface area contributed by atoms with Gasteiger partial charge in [0.1, 0.15) is 17.3 Å². The second kappa shape index (κ2) is 7.59. The maximum absolute atomic E-state index is 14.5. The number of carbonyl (C=O) groups excluding carboxylic acids is 1. The topological polar surface area (TPSA) is 35.5 Å². The first-order valence-corrected chi connectivity index (χ1v) is 8.70. The Morgan fingerprint density at radius 2 is 2.12 bits per heavy atom. The molecular formula is C22H21FO3. The summed E-state index contributed by atoms with van der Waals surface area (Å²) in [4.78, 5) is 11.9. The Kier molecular flexibility index (Phi) is 5.24. The molecule has 2 aliphatic rings. The van der Waals surface area contributed by atoms with Gasteiger partial charge in [0.15, 0.2) is 0 Å². The van der Waals surface area contributed by atoms with Gasteiger partial charge in [-0.3, -0.25) is 0 Å². The summed E-state index contributed by atoms with van der Waals surface area (Å²) in [5.41, 5.74) is 5.17. The molecule has 1 fully saturated rings. The molecule has 1 aromatic carbocycles. The van der Waals surface area contributed by atoms with Crippen LogP contribution >= 0.6 is 0 Å². The smallest absolute Gasteiger partial charge is 0.338 e. The first kappa shape index (κ1) is 18.0. The fourth-order valence-electron chi connectivity index (χ4n) is 2.36. The number of rotatable bonds is 6. The number of allylic oxidation sites excluding steroid dienone is 4. The SMILES string of the molecule is C=C(CC)C(=O)OC1=C(C)C=C=C(c2ccc(OC3CC3)cc2F)C=C1. The third-order valence-electron chi connectivity index (χ3n) is 4.21. The molecule has 0 radical (unpaired) electrons. The summed E-state index contributed by atoms with van der Waals surface area (Å²) >= 11 is 0. The highest BCUT2D eigenvalue weighted by atomic mass is 19.1. The van der Waals surface area contributed by atoms with Crippen molar-refractivity contribution in [3.05, 3.63) is 77.0 Å². The molecule has 0 saturated heterocycles. The lowest BCUT2D eigenvalue weighted by atomic mass is 10.1. The molecule has 0 aromatic heterocycles. The van der Waals surface area contributed by atoms with Crippen molar-refractivity contribution in [1.29, 1.82) is 0 Å². The van der Waals surface area contributed by atoms with Crippen LogP contribution in [0.25, 0.3) is 5.57 Å². The molecule has 2 aliphatic carbocycles. The zero-order valence-electron chi connectivity index (χ0n) is 15.0. The molecule has 0 aliphatic heterocycles. The number of esters is 1. The van der Waals surface area contributed by atoms with Gasteiger partial charge in [-0.1, -0.05) is 13.5 Å². The van der Waals surface area contributed by atoms with Crippen LogP contribution in [-0.4, -0.2) is 12.1 Å². The van der Waals surface area contributed by atoms with Gasteiger partial charge in [-0.05, 0) is 62.1 Å². The Bertz CT molecular complexity index is 879. The Balaban J connectivity index is 1.79. The first-order valence-electron chi connectivity index (χ1n) is 8.70. The summed E-state index contributed by atoms with van der Waals surface area (Å²) < 4.78 is 25.5. The van der Waals surface area contributed by atoms with E-state index in [1.807, 2.05) is 6.92 Å². The van der Waals surface area contributed by atoms with Gasteiger partial charge in [0.05, 0.1) is 6.10 Å². The molecule has 0 spiro atoms. The van der Waals surface area contributed by atoms with Crippen LogP contribution in [0.15, 0.2) is 65.6 Å². The van der Waals surface area contributed by atoms with Crippen LogP contribution in [0.2, 0.25) is 0 Å². The highest BCUT2D eigenvalue weighted by Crippen LogP contribution is 2.30. The Labute approximate surface area is 152 Å². The zero-order chi connectivity index (χ0) is 18.7. The number of ether oxygens (including phenoxy) is 2. The van der Waals surface area contributed by atoms with E-state index in [4.69, 9.17) is 9.47 Å². The fraction of sp³-hybridized carbons (Fsp3) is 0.273. The van der Waals surface area contributed by atoms with Crippen molar-refractivity contribution in [3.63, 3.8) is 0 Å². The molecule has 0 bridgehead atoms. The van der Waals surface area contributed by atoms with Crippen molar-refractivity contribution in [1.82, 2.24) is 0 Å². The number of hydrogen-bond acceptors (Lipinski definition) is 3. The fourth-order valence-corrected chi connectivity index (χ4v) is 2.36. The molecule has 0 unspecified atom stereocenters. The van der Waals surface area contributed by atoms with Crippen molar-refractivity contribution >= 4 is 11.5 Å². The molecule has 134 valence electrons. The third kappa shape index (κ3) is 4.22. The van der Waals surface area contributed by atoms with Gasteiger partial charge in [-0.25, -0.2) is 9.18 Å². The normalized spacial score (nSPS) is 16.2. The van der Waals surface area contributed by atoms with E-state index in [9.17, 15) is 9.18 Å². The van der Waals surface area contributed by atoms with E-state index in [0.29, 0.717) is 34.6 Å². The van der Waals surface area contributed by atoms with Crippen LogP contribution in [0.1, 0.15) is 38.7 Å². The van der Waals surface area contributed by atoms with Gasteiger partial charge in [0.2, 0.25) is 0 Å². The van der Waals surface area contributed by atoms with E-state index in [1.54, 1.807) is 37.3 Å². The molecule has 1 aromatic rings. The lowest BCUT2D eigenvalue weighted by Gasteiger charge is -2.08. The average Bonchev–Trinajstić information content (AvgIpc) is 3.45. The van der Waals surface area contributed by atoms with Gasteiger partial charge in [0, 0.05) is 22.8 Å². The molecule has 0 atom stereocenters. The number of hydrogen-bond donors (Lipinski definition) is 0. The Hall–Kier alpha value is -2.84. The largest absolute Gasteiger partial charge is 0.490 e. The summed E-state index contributed by atoms with van der Waals surface area (Å²) in [5, 5.41) is 0. The minimum Gasteiger partial charge on any atom is -0.490 e. The number of halogens is 1. The molecular weight excluding hydrogens is 331 g/mol. The van der Waals surface area contributed by atoms with Gasteiger partial charge >= 0.3 is 5.97 Å². The van der Waals surface area contributed by atoms with Gasteiger partial charge in [-0.15, -0.1) is 5.73 Å². The molecule has 4 heteroatoms. The van der Waals surface area contributed by atoms with E-state index in [2.05, 4.69) is 12.3 Å². The second-order valence-corrected chi connectivity index (χ2v) is 6.39. The molecule has 3 nitrogen and oxygen atoms in total. The standard InChI is InChI=1S/C22H21FO3/c1-4-14(2)22(24)26-21-12-7-16(6-5-15(21)3)19-11-10-18(13-20(19)23)25-17-8-9-17/h5,7,10-13,17H,2,4,8-9H2,1,3H3. The summed E-state index contributed by atoms with van der Waals surface area (Å²) in [7, 11) is 0. The maximum Gasteiger partial charge on any atom is 0.338 e. The Morgan fingerprint density at radius 1 is 1.35 bits per heavy atom. The van der Waals surface area contributed by atoms with Crippen molar-refractivity contribution in [2.24, 2.45) is 0 Å². The second-order valence-electron chi connectivity index (χ2n) is 6.39. The summed E-state index contributed by atoms with van der Waals surface area (Å²) in [6.45, 7) is 7.33. The monoisotopic (exact) mass is 352 g/mol. The van der Waals surface area contributed by atoms with E-state index < -0.39 is 5.97 Å². The zero-order valence-corrected chi connectivity index (χ0v) is 15.0. The van der Waals surface area contributed by atoms with Crippen molar-refractivity contribution in [2.75, 3.05) is 0 Å². The lowest BCUT2D eigenvalue weighted by Crippen LogP contribution is -2.06. The van der Waals surface area contributed by atoms with Crippen molar-refractivity contribution in [2.45, 2.75) is 39.2 Å². The van der Waals surface area contributed by atoms with E-state index in [1.165, 1.54) is 6.07 Å². The van der Waals surface area contributed by atoms with Crippen LogP contribution in [0, 0.1) is 5.82 Å². The summed E-state index contributed by atoms with van der Waals surface area (Å²) in [6, 6.07) is 4.84. The van der Waals surface area contributed by atoms with Crippen LogP contribution in [0.3, 0.4) is 0 Å². The predicted molar refractivity (Wildman–Crippen MR) is 98.9 cm³/mol. The molecule has 0 heterocycles. The molecule has 0 amide bonds. The lowest BCUT2D eigenvalue weighted by molar-refractivity contribution is -0.134. The summed E-state index contributed by atoms with van der Waals surface area (Å²) in [6.07, 6.45) is 7.81. The van der Waals surface area contributed by atoms with Crippen molar-refractivity contribution in [3.8, 4) is 5.75 Å². The van der Waals surface area contributed by atoms with Crippen LogP contribution in [-0.2, 0) is 9.53 Å². The maximum atomic E-state index is 14.5. The van der Waals surface area contributed by atoms with Crippen LogP contribution in [0.5, 0.6) is 5.75 Å². The van der Waals surface area contributed by atoms with Crippen molar-refractivity contribution < 1.29 is 18.7 Å². The quantitative estimate of drug-likeness (QED) is 0.398. The number of carbonyl (C=O) groups is 1. The number of benzene rings is 1. The van der Waals surface area contributed by atoms with E-state index in [0.717, 1.165) is 18.4 Å². The molecule has 3 rings (SSSR count). The predicted octanol–water partition coefficient (Wildman–Crippen LogP) is 5.26. The molecule has 26 heavy (non-hydrogen) atoms. The van der Waals surface area contributed by atoms with Crippen LogP contribution < -0.4 is 4.74 Å². The third-order valence-corrected chi connectivity index (χ3v) is 4.21. The highest BCUT2D eigenvalue weighted by molar-refractivity contribution is 5.88. The van der Waals surface area contributed by atoms with Gasteiger partial charge in [-0.2, -0.15) is 0 Å². The van der Waals surface area contributed by atoms with Gasteiger partial charge in [0.25, 0.3) is 0 Å². The first-order chi connectivity index (χ1) is 12.5. The molecule has 1 saturated carbocycles. The van der Waals surface area contributed by atoms with E-state index in [-0.39, 0.29) is 11.9 Å². The molecule has 0 N–H and O–H groups in total. The van der Waals surface area contributed by atoms with E-state index >= 15 is 0 Å². The van der Waals surface area contributed by atoms with Crippen LogP contribution in [0.4, 0.5) is 4.39 Å². The minimum absolute atomic E-state index is 0.221. The Morgan fingerprint density at radius 3 is 2.77 bits per heavy atom. The minimum atomic E-state index is -0.462. The summed E-state index contributed by atoms with van der Waals surface area (Å²) in [5.74, 6) is 0.108. The van der Waals surface area contributed by atoms with Gasteiger partial charge < -0.3 is 9.47 Å².